The number of nitrogens with two attached hydrogens (primary N) is 1. The van der Waals surface area contributed by atoms with Crippen molar-refractivity contribution in [1.29, 1.82) is 0 Å². The standard InChI is InChI=1S/C21H25N3OS.2ClH/c1-21(16-9-3-2-4-10-16,20(25)23-14-8-7-13-22)15-19-24-17-11-5-6-12-18(17)26-19;;/h2-6,9-12H,7-8,13-15,22H2,1H3,(H,23,25);2*1H. The van der Waals surface area contributed by atoms with Gasteiger partial charge in [0, 0.05) is 13.0 Å². The molecule has 1 amide bonds. The molecule has 3 N–H and O–H groups in total. The van der Waals surface area contributed by atoms with E-state index in [1.165, 1.54) is 0 Å². The van der Waals surface area contributed by atoms with Crippen molar-refractivity contribution < 1.29 is 4.79 Å². The molecule has 28 heavy (non-hydrogen) atoms. The number of carbonyl (C=O) groups is 1. The molecule has 4 nitrogen and oxygen atoms in total. The lowest BCUT2D eigenvalue weighted by Gasteiger charge is -2.28. The third kappa shape index (κ3) is 5.67. The molecule has 7 heteroatoms. The van der Waals surface area contributed by atoms with Crippen LogP contribution in [0.3, 0.4) is 0 Å². The van der Waals surface area contributed by atoms with Crippen LogP contribution in [0.2, 0.25) is 0 Å². The van der Waals surface area contributed by atoms with Crippen molar-refractivity contribution in [1.82, 2.24) is 10.3 Å². The average molecular weight is 440 g/mol. The Morgan fingerprint density at radius 2 is 1.75 bits per heavy atom. The van der Waals surface area contributed by atoms with E-state index in [4.69, 9.17) is 10.7 Å². The molecule has 0 saturated carbocycles. The van der Waals surface area contributed by atoms with Gasteiger partial charge in [-0.05, 0) is 44.0 Å². The van der Waals surface area contributed by atoms with Gasteiger partial charge < -0.3 is 11.1 Å². The summed E-state index contributed by atoms with van der Waals surface area (Å²) >= 11 is 1.66. The van der Waals surface area contributed by atoms with Gasteiger partial charge in [0.25, 0.3) is 0 Å². The Morgan fingerprint density at radius 1 is 1.07 bits per heavy atom. The molecule has 1 heterocycles. The van der Waals surface area contributed by atoms with Gasteiger partial charge >= 0.3 is 0 Å². The molecule has 0 aliphatic heterocycles. The third-order valence-electron chi connectivity index (χ3n) is 4.67. The zero-order valence-corrected chi connectivity index (χ0v) is 18.3. The number of carbonyl (C=O) groups excluding carboxylic acids is 1. The number of rotatable bonds is 8. The first-order valence-electron chi connectivity index (χ1n) is 9.02. The van der Waals surface area contributed by atoms with Crippen molar-refractivity contribution in [3.8, 4) is 0 Å². The van der Waals surface area contributed by atoms with Crippen LogP contribution in [0.5, 0.6) is 0 Å². The van der Waals surface area contributed by atoms with E-state index in [0.29, 0.717) is 19.5 Å². The summed E-state index contributed by atoms with van der Waals surface area (Å²) in [4.78, 5) is 17.8. The van der Waals surface area contributed by atoms with Gasteiger partial charge in [0.1, 0.15) is 0 Å². The zero-order chi connectivity index (χ0) is 18.4. The minimum absolute atomic E-state index is 0. The Kier molecular flexibility index (Phi) is 9.90. The normalized spacial score (nSPS) is 12.5. The summed E-state index contributed by atoms with van der Waals surface area (Å²) in [6.45, 7) is 3.31. The van der Waals surface area contributed by atoms with E-state index in [1.807, 2.05) is 55.5 Å². The summed E-state index contributed by atoms with van der Waals surface area (Å²) in [6.07, 6.45) is 2.40. The number of aromatic nitrogens is 1. The summed E-state index contributed by atoms with van der Waals surface area (Å²) < 4.78 is 1.15. The number of hydrogen-bond acceptors (Lipinski definition) is 4. The maximum atomic E-state index is 13.1. The first kappa shape index (κ1) is 24.4. The van der Waals surface area contributed by atoms with Gasteiger partial charge in [0.05, 0.1) is 20.6 Å². The topological polar surface area (TPSA) is 68.0 Å². The lowest BCUT2D eigenvalue weighted by Crippen LogP contribution is -2.44. The van der Waals surface area contributed by atoms with Crippen LogP contribution < -0.4 is 11.1 Å². The van der Waals surface area contributed by atoms with Gasteiger partial charge in [-0.25, -0.2) is 4.98 Å². The molecule has 3 aromatic rings. The molecular formula is C21H27Cl2N3OS. The van der Waals surface area contributed by atoms with Crippen LogP contribution in [0.25, 0.3) is 10.2 Å². The molecule has 0 spiro atoms. The number of nitrogens with zero attached hydrogens (tertiary/aromatic N) is 1. The van der Waals surface area contributed by atoms with E-state index in [1.54, 1.807) is 11.3 Å². The predicted molar refractivity (Wildman–Crippen MR) is 123 cm³/mol. The Morgan fingerprint density at radius 3 is 2.43 bits per heavy atom. The minimum atomic E-state index is -0.655. The Hall–Kier alpha value is -1.66. The Bertz CT molecular complexity index is 839. The minimum Gasteiger partial charge on any atom is -0.355 e. The molecule has 0 fully saturated rings. The van der Waals surface area contributed by atoms with Gasteiger partial charge in [-0.3, -0.25) is 4.79 Å². The number of para-hydroxylation sites is 1. The van der Waals surface area contributed by atoms with Crippen LogP contribution in [0.15, 0.2) is 54.6 Å². The first-order chi connectivity index (χ1) is 12.6. The second kappa shape index (κ2) is 11.4. The zero-order valence-electron chi connectivity index (χ0n) is 15.9. The van der Waals surface area contributed by atoms with E-state index < -0.39 is 5.41 Å². The van der Waals surface area contributed by atoms with E-state index in [9.17, 15) is 4.79 Å². The number of nitrogens with one attached hydrogen (secondary N) is 1. The van der Waals surface area contributed by atoms with Gasteiger partial charge in [0.2, 0.25) is 5.91 Å². The monoisotopic (exact) mass is 439 g/mol. The summed E-state index contributed by atoms with van der Waals surface area (Å²) in [5.74, 6) is 0.0416. The molecule has 152 valence electrons. The van der Waals surface area contributed by atoms with Crippen molar-refractivity contribution >= 4 is 52.3 Å². The molecule has 3 rings (SSSR count). The van der Waals surface area contributed by atoms with Crippen molar-refractivity contribution in [3.63, 3.8) is 0 Å². The molecule has 1 aromatic heterocycles. The van der Waals surface area contributed by atoms with Crippen LogP contribution >= 0.6 is 36.2 Å². The van der Waals surface area contributed by atoms with E-state index in [0.717, 1.165) is 33.6 Å². The van der Waals surface area contributed by atoms with E-state index in [2.05, 4.69) is 11.4 Å². The van der Waals surface area contributed by atoms with Crippen molar-refractivity contribution in [3.05, 3.63) is 65.2 Å². The maximum absolute atomic E-state index is 13.1. The fourth-order valence-electron chi connectivity index (χ4n) is 3.08. The fraction of sp³-hybridized carbons (Fsp3) is 0.333. The van der Waals surface area contributed by atoms with Crippen molar-refractivity contribution in [2.45, 2.75) is 31.6 Å². The second-order valence-electron chi connectivity index (χ2n) is 6.70. The average Bonchev–Trinajstić information content (AvgIpc) is 3.07. The lowest BCUT2D eigenvalue weighted by molar-refractivity contribution is -0.126. The quantitative estimate of drug-likeness (QED) is 0.507. The SMILES string of the molecule is CC(Cc1nc2ccccc2s1)(C(=O)NCCCCN)c1ccccc1.Cl.Cl. The highest BCUT2D eigenvalue weighted by atomic mass is 35.5. The number of thiazole rings is 1. The molecule has 1 atom stereocenters. The van der Waals surface area contributed by atoms with Crippen LogP contribution in [0.1, 0.15) is 30.3 Å². The predicted octanol–water partition coefficient (Wildman–Crippen LogP) is 4.50. The van der Waals surface area contributed by atoms with Crippen molar-refractivity contribution in [2.75, 3.05) is 13.1 Å². The van der Waals surface area contributed by atoms with Crippen LogP contribution in [0.4, 0.5) is 0 Å². The summed E-state index contributed by atoms with van der Waals surface area (Å²) in [6, 6.07) is 18.1. The number of hydrogen-bond donors (Lipinski definition) is 2. The third-order valence-corrected chi connectivity index (χ3v) is 5.71. The first-order valence-corrected chi connectivity index (χ1v) is 9.83. The molecule has 0 bridgehead atoms. The summed E-state index contributed by atoms with van der Waals surface area (Å²) in [7, 11) is 0. The van der Waals surface area contributed by atoms with Crippen molar-refractivity contribution in [2.24, 2.45) is 5.73 Å². The molecule has 0 aliphatic rings. The summed E-state index contributed by atoms with van der Waals surface area (Å²) in [5, 5.41) is 4.07. The Labute approximate surface area is 182 Å². The molecule has 2 aromatic carbocycles. The summed E-state index contributed by atoms with van der Waals surface area (Å²) in [5.41, 5.74) is 6.89. The highest BCUT2D eigenvalue weighted by molar-refractivity contribution is 7.18. The number of amides is 1. The van der Waals surface area contributed by atoms with Crippen LogP contribution in [-0.4, -0.2) is 24.0 Å². The second-order valence-corrected chi connectivity index (χ2v) is 7.82. The van der Waals surface area contributed by atoms with Crippen LogP contribution in [-0.2, 0) is 16.6 Å². The van der Waals surface area contributed by atoms with E-state index >= 15 is 0 Å². The molecule has 0 aliphatic carbocycles. The highest BCUT2D eigenvalue weighted by Gasteiger charge is 2.36. The highest BCUT2D eigenvalue weighted by Crippen LogP contribution is 2.32. The Balaban J connectivity index is 0.00000196. The lowest BCUT2D eigenvalue weighted by atomic mass is 9.78. The van der Waals surface area contributed by atoms with Gasteiger partial charge in [-0.2, -0.15) is 0 Å². The maximum Gasteiger partial charge on any atom is 0.230 e. The fourth-order valence-corrected chi connectivity index (χ4v) is 4.21. The number of benzene rings is 2. The molecule has 0 radical (unpaired) electrons. The smallest absolute Gasteiger partial charge is 0.230 e. The van der Waals surface area contributed by atoms with Crippen LogP contribution in [0, 0.1) is 0 Å². The molecule has 0 saturated heterocycles. The number of halogens is 2. The van der Waals surface area contributed by atoms with E-state index in [-0.39, 0.29) is 30.7 Å². The largest absolute Gasteiger partial charge is 0.355 e. The van der Waals surface area contributed by atoms with Gasteiger partial charge in [-0.15, -0.1) is 36.2 Å². The van der Waals surface area contributed by atoms with Gasteiger partial charge in [0.15, 0.2) is 0 Å². The molecular weight excluding hydrogens is 413 g/mol. The number of unbranched alkanes of at least 4 members (excludes halogenated alkanes) is 1. The molecule has 1 unspecified atom stereocenters. The van der Waals surface area contributed by atoms with Gasteiger partial charge in [-0.1, -0.05) is 42.5 Å². The number of fused-ring (bicyclic) bond motifs is 1.